The molecule has 6 nitrogen and oxygen atoms in total. The highest BCUT2D eigenvalue weighted by Gasteiger charge is 2.36. The molecule has 2 heterocycles. The fraction of sp³-hybridized carbons (Fsp3) is 0.650. The van der Waals surface area contributed by atoms with Gasteiger partial charge in [0.05, 0.1) is 11.5 Å². The zero-order chi connectivity index (χ0) is 18.6. The summed E-state index contributed by atoms with van der Waals surface area (Å²) in [7, 11) is 0. The number of nitrogens with two attached hydrogens (primary N) is 1. The number of fused-ring (bicyclic) bond motifs is 1. The van der Waals surface area contributed by atoms with Gasteiger partial charge in [-0.05, 0) is 57.4 Å². The molecule has 1 amide bonds. The van der Waals surface area contributed by atoms with Gasteiger partial charge in [0.25, 0.3) is 0 Å². The van der Waals surface area contributed by atoms with E-state index in [1.807, 2.05) is 36.9 Å². The molecule has 152 valence electrons. The molecule has 0 radical (unpaired) electrons. The maximum Gasteiger partial charge on any atom is 0.232 e. The second-order valence-corrected chi connectivity index (χ2v) is 7.49. The van der Waals surface area contributed by atoms with Crippen molar-refractivity contribution in [2.75, 3.05) is 39.5 Å². The van der Waals surface area contributed by atoms with Crippen LogP contribution in [-0.4, -0.2) is 56.4 Å². The van der Waals surface area contributed by atoms with E-state index in [1.165, 1.54) is 0 Å². The highest BCUT2D eigenvalue weighted by atomic mass is 35.5. The number of hydrogen-bond donors (Lipinski definition) is 1. The van der Waals surface area contributed by atoms with Gasteiger partial charge >= 0.3 is 0 Å². The summed E-state index contributed by atoms with van der Waals surface area (Å²) in [6.45, 7) is 7.90. The van der Waals surface area contributed by atoms with Crippen molar-refractivity contribution >= 4 is 18.3 Å². The number of amides is 1. The first kappa shape index (κ1) is 21.8. The Morgan fingerprint density at radius 1 is 1.22 bits per heavy atom. The molecule has 0 bridgehead atoms. The van der Waals surface area contributed by atoms with Crippen molar-refractivity contribution in [2.45, 2.75) is 44.6 Å². The molecule has 1 aromatic carbocycles. The minimum Gasteiger partial charge on any atom is -0.486 e. The summed E-state index contributed by atoms with van der Waals surface area (Å²) < 4.78 is 17.1. The second-order valence-electron chi connectivity index (χ2n) is 7.49. The molecule has 2 aliphatic rings. The third kappa shape index (κ3) is 5.06. The van der Waals surface area contributed by atoms with Gasteiger partial charge < -0.3 is 24.8 Å². The predicted molar refractivity (Wildman–Crippen MR) is 107 cm³/mol. The molecule has 0 aliphatic carbocycles. The van der Waals surface area contributed by atoms with Gasteiger partial charge in [0.15, 0.2) is 11.5 Å². The number of rotatable bonds is 6. The first-order valence-corrected chi connectivity index (χ1v) is 9.53. The quantitative estimate of drug-likeness (QED) is 0.745. The van der Waals surface area contributed by atoms with Gasteiger partial charge in [0.1, 0.15) is 13.2 Å². The van der Waals surface area contributed by atoms with Gasteiger partial charge in [-0.2, -0.15) is 0 Å². The molecule has 0 unspecified atom stereocenters. The summed E-state index contributed by atoms with van der Waals surface area (Å²) in [5.74, 6) is 1.62. The molecule has 2 aliphatic heterocycles. The average molecular weight is 399 g/mol. The summed E-state index contributed by atoms with van der Waals surface area (Å²) in [6, 6.07) is 5.81. The molecule has 2 N–H and O–H groups in total. The van der Waals surface area contributed by atoms with Gasteiger partial charge in [-0.1, -0.05) is 6.07 Å². The topological polar surface area (TPSA) is 74.0 Å². The van der Waals surface area contributed by atoms with Crippen LogP contribution < -0.4 is 15.2 Å². The summed E-state index contributed by atoms with van der Waals surface area (Å²) in [4.78, 5) is 15.1. The molecule has 1 aromatic rings. The van der Waals surface area contributed by atoms with Crippen LogP contribution in [0.4, 0.5) is 0 Å². The number of hydrogen-bond acceptors (Lipinski definition) is 5. The second kappa shape index (κ2) is 9.62. The van der Waals surface area contributed by atoms with Crippen molar-refractivity contribution in [3.8, 4) is 11.5 Å². The summed E-state index contributed by atoms with van der Waals surface area (Å²) in [5, 5.41) is 0. The monoisotopic (exact) mass is 398 g/mol. The molecule has 27 heavy (non-hydrogen) atoms. The minimum absolute atomic E-state index is 0. The summed E-state index contributed by atoms with van der Waals surface area (Å²) in [6.07, 6.45) is 2.89. The van der Waals surface area contributed by atoms with Crippen molar-refractivity contribution in [1.29, 1.82) is 0 Å². The van der Waals surface area contributed by atoms with Crippen LogP contribution in [0.1, 0.15) is 38.7 Å². The fourth-order valence-electron chi connectivity index (χ4n) is 3.51. The zero-order valence-electron chi connectivity index (χ0n) is 16.2. The number of nitrogens with zero attached hydrogens (tertiary/aromatic N) is 1. The van der Waals surface area contributed by atoms with Crippen molar-refractivity contribution in [1.82, 2.24) is 4.90 Å². The van der Waals surface area contributed by atoms with Crippen LogP contribution in [0.5, 0.6) is 11.5 Å². The minimum atomic E-state index is -0.608. The van der Waals surface area contributed by atoms with Crippen LogP contribution in [0.15, 0.2) is 18.2 Å². The number of ether oxygens (including phenoxy) is 3. The first-order chi connectivity index (χ1) is 12.5. The van der Waals surface area contributed by atoms with E-state index in [0.717, 1.165) is 49.4 Å². The van der Waals surface area contributed by atoms with Crippen LogP contribution in [0.2, 0.25) is 0 Å². The largest absolute Gasteiger partial charge is 0.486 e. The van der Waals surface area contributed by atoms with Crippen molar-refractivity contribution in [2.24, 2.45) is 5.73 Å². The Morgan fingerprint density at radius 2 is 1.89 bits per heavy atom. The molecule has 3 rings (SSSR count). The van der Waals surface area contributed by atoms with Gasteiger partial charge in [-0.25, -0.2) is 0 Å². The predicted octanol–water partition coefficient (Wildman–Crippen LogP) is 2.51. The lowest BCUT2D eigenvalue weighted by molar-refractivity contribution is -0.139. The maximum absolute atomic E-state index is 13.2. The molecule has 7 heteroatoms. The molecule has 0 spiro atoms. The van der Waals surface area contributed by atoms with Crippen molar-refractivity contribution in [3.63, 3.8) is 0 Å². The highest BCUT2D eigenvalue weighted by Crippen LogP contribution is 2.36. The van der Waals surface area contributed by atoms with Gasteiger partial charge in [0.2, 0.25) is 5.91 Å². The van der Waals surface area contributed by atoms with Gasteiger partial charge in [-0.15, -0.1) is 12.4 Å². The van der Waals surface area contributed by atoms with Crippen molar-refractivity contribution in [3.05, 3.63) is 23.8 Å². The van der Waals surface area contributed by atoms with Gasteiger partial charge in [-0.3, -0.25) is 4.79 Å². The smallest absolute Gasteiger partial charge is 0.232 e. The number of carbonyl (C=O) groups excluding carboxylic acids is 1. The average Bonchev–Trinajstić information content (AvgIpc) is 2.67. The lowest BCUT2D eigenvalue weighted by Crippen LogP contribution is -2.48. The molecule has 0 saturated carbocycles. The van der Waals surface area contributed by atoms with E-state index in [0.29, 0.717) is 26.4 Å². The normalized spacial score (nSPS) is 17.4. The third-order valence-corrected chi connectivity index (χ3v) is 5.23. The number of likely N-dealkylation sites (tertiary alicyclic amines) is 1. The van der Waals surface area contributed by atoms with E-state index >= 15 is 0 Å². The molecule has 1 saturated heterocycles. The Bertz CT molecular complexity index is 630. The van der Waals surface area contributed by atoms with E-state index in [4.69, 9.17) is 19.9 Å². The Kier molecular flexibility index (Phi) is 7.77. The van der Waals surface area contributed by atoms with Crippen LogP contribution in [0, 0.1) is 0 Å². The van der Waals surface area contributed by atoms with E-state index in [2.05, 4.69) is 0 Å². The molecule has 0 aromatic heterocycles. The molecular weight excluding hydrogens is 368 g/mol. The van der Waals surface area contributed by atoms with E-state index < -0.39 is 5.41 Å². The number of halogens is 1. The molecule has 0 atom stereocenters. The Morgan fingerprint density at radius 3 is 2.56 bits per heavy atom. The molecular formula is C20H31ClN2O4. The van der Waals surface area contributed by atoms with Crippen LogP contribution in [0.3, 0.4) is 0 Å². The summed E-state index contributed by atoms with van der Waals surface area (Å²) in [5.41, 5.74) is 5.85. The maximum atomic E-state index is 13.2. The van der Waals surface area contributed by atoms with Crippen LogP contribution >= 0.6 is 12.4 Å². The zero-order valence-corrected chi connectivity index (χ0v) is 17.1. The molecule has 1 fully saturated rings. The lowest BCUT2D eigenvalue weighted by atomic mass is 9.82. The van der Waals surface area contributed by atoms with Crippen molar-refractivity contribution < 1.29 is 19.0 Å². The lowest BCUT2D eigenvalue weighted by Gasteiger charge is -2.37. The standard InChI is InChI=1S/C20H30N2O4.ClH/c1-20(2,15-4-5-17-18(14-15)26-13-12-25-17)19(23)22-9-6-16(7-10-22)24-11-3-8-21;/h4-5,14,16H,3,6-13,21H2,1-2H3;1H. The highest BCUT2D eigenvalue weighted by molar-refractivity contribution is 5.87. The SMILES string of the molecule is CC(C)(C(=O)N1CCC(OCCCN)CC1)c1ccc2c(c1)OCCO2.Cl. The number of carbonyl (C=O) groups is 1. The number of piperidine rings is 1. The van der Waals surface area contributed by atoms with E-state index in [-0.39, 0.29) is 24.4 Å². The fourth-order valence-corrected chi connectivity index (χ4v) is 3.51. The summed E-state index contributed by atoms with van der Waals surface area (Å²) >= 11 is 0. The van der Waals surface area contributed by atoms with Crippen LogP contribution in [-0.2, 0) is 14.9 Å². The van der Waals surface area contributed by atoms with E-state index in [9.17, 15) is 4.79 Å². The Labute approximate surface area is 167 Å². The Hall–Kier alpha value is -1.50. The first-order valence-electron chi connectivity index (χ1n) is 9.53. The number of benzene rings is 1. The third-order valence-electron chi connectivity index (χ3n) is 5.23. The Balaban J connectivity index is 0.00000261. The van der Waals surface area contributed by atoms with Crippen LogP contribution in [0.25, 0.3) is 0 Å². The van der Waals surface area contributed by atoms with E-state index in [1.54, 1.807) is 0 Å². The van der Waals surface area contributed by atoms with Gasteiger partial charge in [0, 0.05) is 19.7 Å².